The molecule has 3 amide bonds. The molecule has 0 aliphatic carbocycles. The topological polar surface area (TPSA) is 103 Å². The number of carbonyl (C=O) groups is 2. The lowest BCUT2D eigenvalue weighted by Crippen LogP contribution is -2.29. The Morgan fingerprint density at radius 3 is 2.87 bits per heavy atom. The maximum absolute atomic E-state index is 12.6. The summed E-state index contributed by atoms with van der Waals surface area (Å²) in [5.41, 5.74) is 0.880. The van der Waals surface area contributed by atoms with Crippen molar-refractivity contribution in [2.45, 2.75) is 6.54 Å². The van der Waals surface area contributed by atoms with E-state index in [1.165, 1.54) is 7.05 Å². The molecule has 0 saturated heterocycles. The summed E-state index contributed by atoms with van der Waals surface area (Å²) in [6.45, 7) is 1.05. The Labute approximate surface area is 132 Å². The number of hydrogen-bond donors (Lipinski definition) is 2. The van der Waals surface area contributed by atoms with Gasteiger partial charge in [-0.3, -0.25) is 15.0 Å². The van der Waals surface area contributed by atoms with E-state index in [2.05, 4.69) is 15.7 Å². The first kappa shape index (κ1) is 14.6. The van der Waals surface area contributed by atoms with E-state index in [0.717, 1.165) is 0 Å². The molecule has 0 unspecified atom stereocenters. The van der Waals surface area contributed by atoms with Crippen LogP contribution in [0.25, 0.3) is 0 Å². The minimum atomic E-state index is -0.374. The lowest BCUT2D eigenvalue weighted by atomic mass is 10.1. The zero-order valence-electron chi connectivity index (χ0n) is 12.4. The minimum Gasteiger partial charge on any atom is -0.341 e. The molecule has 0 bridgehead atoms. The van der Waals surface area contributed by atoms with Crippen LogP contribution in [0.15, 0.2) is 30.3 Å². The number of amides is 3. The third-order valence-electron chi connectivity index (χ3n) is 3.52. The third-order valence-corrected chi connectivity index (χ3v) is 3.52. The van der Waals surface area contributed by atoms with Gasteiger partial charge in [-0.15, -0.1) is 0 Å². The first-order valence-electron chi connectivity index (χ1n) is 7.01. The number of carbonyl (C=O) groups excluding carboxylic acids is 2. The van der Waals surface area contributed by atoms with Gasteiger partial charge in [0.1, 0.15) is 5.82 Å². The van der Waals surface area contributed by atoms with Crippen LogP contribution in [0.2, 0.25) is 0 Å². The van der Waals surface area contributed by atoms with Crippen LogP contribution in [0.1, 0.15) is 15.9 Å². The van der Waals surface area contributed by atoms with Crippen LogP contribution in [-0.2, 0) is 6.54 Å². The van der Waals surface area contributed by atoms with Crippen molar-refractivity contribution in [3.63, 3.8) is 0 Å². The average Bonchev–Trinajstić information content (AvgIpc) is 3.14. The number of nitrogens with zero attached hydrogens (tertiary/aromatic N) is 4. The molecule has 0 spiro atoms. The summed E-state index contributed by atoms with van der Waals surface area (Å²) in [6.07, 6.45) is 0. The van der Waals surface area contributed by atoms with Crippen molar-refractivity contribution >= 4 is 23.6 Å². The Hall–Kier alpha value is -3.34. The number of benzene rings is 1. The van der Waals surface area contributed by atoms with Crippen LogP contribution in [0.5, 0.6) is 0 Å². The van der Waals surface area contributed by atoms with Crippen LogP contribution in [0, 0.1) is 11.3 Å². The highest BCUT2D eigenvalue weighted by atomic mass is 16.2. The van der Waals surface area contributed by atoms with Crippen LogP contribution in [0.4, 0.5) is 16.4 Å². The summed E-state index contributed by atoms with van der Waals surface area (Å²) >= 11 is 0. The predicted octanol–water partition coefficient (Wildman–Crippen LogP) is 1.17. The van der Waals surface area contributed by atoms with E-state index in [1.807, 2.05) is 6.07 Å². The highest BCUT2D eigenvalue weighted by Gasteiger charge is 2.28. The number of fused-ring (bicyclic) bond motifs is 1. The molecule has 0 saturated carbocycles. The standard InChI is InChI=1S/C15H14N6O2/c1-17-15(23)18-12-8-13-20(5-6-21(13)19-12)14(22)11-4-2-3-10(7-11)9-16/h2-4,7-8H,5-6H2,1H3,(H2,17,18,19,23). The van der Waals surface area contributed by atoms with Gasteiger partial charge in [0.15, 0.2) is 5.82 Å². The molecule has 1 aliphatic rings. The fourth-order valence-electron chi connectivity index (χ4n) is 2.42. The summed E-state index contributed by atoms with van der Waals surface area (Å²) in [4.78, 5) is 25.6. The summed E-state index contributed by atoms with van der Waals surface area (Å²) in [6, 6.07) is 9.86. The van der Waals surface area contributed by atoms with Crippen molar-refractivity contribution in [1.82, 2.24) is 15.1 Å². The highest BCUT2D eigenvalue weighted by molar-refractivity contribution is 6.06. The van der Waals surface area contributed by atoms with E-state index >= 15 is 0 Å². The van der Waals surface area contributed by atoms with Crippen LogP contribution in [0.3, 0.4) is 0 Å². The molecule has 0 radical (unpaired) electrons. The molecule has 116 valence electrons. The summed E-state index contributed by atoms with van der Waals surface area (Å²) in [5.74, 6) is 0.790. The Morgan fingerprint density at radius 1 is 1.30 bits per heavy atom. The maximum atomic E-state index is 12.6. The predicted molar refractivity (Wildman–Crippen MR) is 83.1 cm³/mol. The van der Waals surface area contributed by atoms with E-state index in [0.29, 0.717) is 35.9 Å². The zero-order chi connectivity index (χ0) is 16.4. The first-order chi connectivity index (χ1) is 11.1. The van der Waals surface area contributed by atoms with Crippen molar-refractivity contribution in [3.05, 3.63) is 41.5 Å². The molecule has 8 heteroatoms. The highest BCUT2D eigenvalue weighted by Crippen LogP contribution is 2.26. The zero-order valence-corrected chi connectivity index (χ0v) is 12.4. The van der Waals surface area contributed by atoms with Crippen LogP contribution < -0.4 is 15.5 Å². The van der Waals surface area contributed by atoms with Gasteiger partial charge in [-0.05, 0) is 18.2 Å². The van der Waals surface area contributed by atoms with Crippen molar-refractivity contribution in [2.75, 3.05) is 23.8 Å². The molecule has 0 atom stereocenters. The number of hydrogen-bond acceptors (Lipinski definition) is 4. The fourth-order valence-corrected chi connectivity index (χ4v) is 2.42. The molecule has 1 aromatic heterocycles. The van der Waals surface area contributed by atoms with E-state index in [4.69, 9.17) is 5.26 Å². The van der Waals surface area contributed by atoms with Crippen molar-refractivity contribution in [3.8, 4) is 6.07 Å². The fraction of sp³-hybridized carbons (Fsp3) is 0.200. The van der Waals surface area contributed by atoms with Crippen molar-refractivity contribution < 1.29 is 9.59 Å². The second-order valence-electron chi connectivity index (χ2n) is 4.96. The normalized spacial score (nSPS) is 12.4. The van der Waals surface area contributed by atoms with Gasteiger partial charge in [-0.25, -0.2) is 9.48 Å². The average molecular weight is 310 g/mol. The van der Waals surface area contributed by atoms with Crippen LogP contribution >= 0.6 is 0 Å². The first-order valence-corrected chi connectivity index (χ1v) is 7.01. The number of urea groups is 1. The second-order valence-corrected chi connectivity index (χ2v) is 4.96. The molecule has 3 rings (SSSR count). The Morgan fingerprint density at radius 2 is 2.13 bits per heavy atom. The molecule has 2 heterocycles. The Bertz CT molecular complexity index is 820. The molecule has 0 fully saturated rings. The molecule has 1 aliphatic heterocycles. The summed E-state index contributed by atoms with van der Waals surface area (Å²) in [5, 5.41) is 18.2. The van der Waals surface area contributed by atoms with Gasteiger partial charge in [-0.2, -0.15) is 10.4 Å². The third kappa shape index (κ3) is 2.72. The lowest BCUT2D eigenvalue weighted by Gasteiger charge is -2.14. The van der Waals surface area contributed by atoms with Gasteiger partial charge in [-0.1, -0.05) is 6.07 Å². The quantitative estimate of drug-likeness (QED) is 0.869. The van der Waals surface area contributed by atoms with Crippen molar-refractivity contribution in [1.29, 1.82) is 5.26 Å². The van der Waals surface area contributed by atoms with Gasteiger partial charge in [0, 0.05) is 25.2 Å². The monoisotopic (exact) mass is 310 g/mol. The molecule has 8 nitrogen and oxygen atoms in total. The molecule has 1 aromatic carbocycles. The largest absolute Gasteiger partial charge is 0.341 e. The second kappa shape index (κ2) is 5.81. The molecule has 2 aromatic rings. The number of anilines is 2. The van der Waals surface area contributed by atoms with Gasteiger partial charge in [0.2, 0.25) is 0 Å². The smallest absolute Gasteiger partial charge is 0.320 e. The summed E-state index contributed by atoms with van der Waals surface area (Å²) in [7, 11) is 1.51. The van der Waals surface area contributed by atoms with Gasteiger partial charge >= 0.3 is 6.03 Å². The van der Waals surface area contributed by atoms with E-state index in [-0.39, 0.29) is 11.9 Å². The number of aromatic nitrogens is 2. The summed E-state index contributed by atoms with van der Waals surface area (Å²) < 4.78 is 1.66. The molecular weight excluding hydrogens is 296 g/mol. The SMILES string of the molecule is CNC(=O)Nc1cc2n(n1)CCN2C(=O)c1cccc(C#N)c1. The van der Waals surface area contributed by atoms with Crippen molar-refractivity contribution in [2.24, 2.45) is 0 Å². The lowest BCUT2D eigenvalue weighted by molar-refractivity contribution is 0.0989. The molecule has 23 heavy (non-hydrogen) atoms. The number of nitriles is 1. The van der Waals surface area contributed by atoms with E-state index in [9.17, 15) is 9.59 Å². The molecular formula is C15H14N6O2. The Kier molecular flexibility index (Phi) is 3.68. The number of nitrogens with one attached hydrogen (secondary N) is 2. The van der Waals surface area contributed by atoms with Crippen LogP contribution in [-0.4, -0.2) is 35.3 Å². The maximum Gasteiger partial charge on any atom is 0.320 e. The van der Waals surface area contributed by atoms with Gasteiger partial charge < -0.3 is 5.32 Å². The molecule has 2 N–H and O–H groups in total. The van der Waals surface area contributed by atoms with Gasteiger partial charge in [0.25, 0.3) is 5.91 Å². The Balaban J connectivity index is 1.85. The van der Waals surface area contributed by atoms with E-state index < -0.39 is 0 Å². The minimum absolute atomic E-state index is 0.202. The van der Waals surface area contributed by atoms with Gasteiger partial charge in [0.05, 0.1) is 18.2 Å². The number of rotatable bonds is 2. The van der Waals surface area contributed by atoms with E-state index in [1.54, 1.807) is 39.9 Å².